The minimum Gasteiger partial charge on any atom is -0.467 e. The van der Waals surface area contributed by atoms with E-state index in [4.69, 9.17) is 17.0 Å². The van der Waals surface area contributed by atoms with E-state index in [1.54, 1.807) is 0 Å². The molecule has 6 heteroatoms. The number of ether oxygens (including phenoxy) is 1. The smallest absolute Gasteiger partial charge is 0.231 e. The van der Waals surface area contributed by atoms with Gasteiger partial charge in [0.15, 0.2) is 10.8 Å². The van der Waals surface area contributed by atoms with Gasteiger partial charge in [0, 0.05) is 12.1 Å². The van der Waals surface area contributed by atoms with E-state index >= 15 is 0 Å². The predicted molar refractivity (Wildman–Crippen MR) is 98.9 cm³/mol. The van der Waals surface area contributed by atoms with Crippen molar-refractivity contribution in [2.24, 2.45) is 5.92 Å². The Bertz CT molecular complexity index is 826. The Balaban J connectivity index is 1.62. The Kier molecular flexibility index (Phi) is 3.84. The van der Waals surface area contributed by atoms with Crippen molar-refractivity contribution in [3.05, 3.63) is 65.7 Å². The molecule has 3 atom stereocenters. The van der Waals surface area contributed by atoms with E-state index in [2.05, 4.69) is 16.0 Å². The first-order valence-electron chi connectivity index (χ1n) is 8.25. The van der Waals surface area contributed by atoms with Crippen LogP contribution >= 0.6 is 12.2 Å². The van der Waals surface area contributed by atoms with Gasteiger partial charge < -0.3 is 20.7 Å². The fourth-order valence-electron chi connectivity index (χ4n) is 3.58. The molecule has 0 unspecified atom stereocenters. The number of amides is 1. The molecule has 0 aliphatic carbocycles. The predicted octanol–water partition coefficient (Wildman–Crippen LogP) is 2.25. The van der Waals surface area contributed by atoms with Gasteiger partial charge in [0.05, 0.1) is 6.04 Å². The Morgan fingerprint density at radius 2 is 1.92 bits per heavy atom. The first-order chi connectivity index (χ1) is 12.1. The second-order valence-electron chi connectivity index (χ2n) is 6.50. The van der Waals surface area contributed by atoms with E-state index in [0.29, 0.717) is 11.7 Å². The van der Waals surface area contributed by atoms with Crippen LogP contribution < -0.4 is 20.7 Å². The molecule has 2 aromatic rings. The van der Waals surface area contributed by atoms with Crippen molar-refractivity contribution < 1.29 is 9.53 Å². The average Bonchev–Trinajstić information content (AvgIpc) is 2.59. The standard InChI is InChI=1S/C19H19N3O2S/c1-19-15(17(23)20-11-12-7-3-2-4-8-12)16(21-18(25)22-19)13-9-5-6-10-14(13)24-19/h2-10,15-16H,11H2,1H3,(H,20,23)(H2,21,22,25)/t15-,16-,19-/m1/s1. The molecular weight excluding hydrogens is 334 g/mol. The third-order valence-corrected chi connectivity index (χ3v) is 4.96. The van der Waals surface area contributed by atoms with E-state index in [1.807, 2.05) is 61.5 Å². The first-order valence-corrected chi connectivity index (χ1v) is 8.66. The van der Waals surface area contributed by atoms with E-state index < -0.39 is 11.6 Å². The molecular formula is C19H19N3O2S. The molecule has 5 nitrogen and oxygen atoms in total. The molecule has 3 N–H and O–H groups in total. The van der Waals surface area contributed by atoms with Crippen LogP contribution in [0.25, 0.3) is 0 Å². The molecule has 0 aromatic heterocycles. The fourth-order valence-corrected chi connectivity index (χ4v) is 3.91. The highest BCUT2D eigenvalue weighted by Crippen LogP contribution is 2.44. The van der Waals surface area contributed by atoms with Gasteiger partial charge >= 0.3 is 0 Å². The Morgan fingerprint density at radius 1 is 1.20 bits per heavy atom. The van der Waals surface area contributed by atoms with Crippen LogP contribution in [-0.2, 0) is 11.3 Å². The molecule has 1 amide bonds. The monoisotopic (exact) mass is 353 g/mol. The van der Waals surface area contributed by atoms with E-state index in [1.165, 1.54) is 0 Å². The minimum absolute atomic E-state index is 0.0756. The topological polar surface area (TPSA) is 62.4 Å². The number of nitrogens with one attached hydrogen (secondary N) is 3. The van der Waals surface area contributed by atoms with Crippen molar-refractivity contribution in [3.8, 4) is 5.75 Å². The maximum absolute atomic E-state index is 13.0. The molecule has 25 heavy (non-hydrogen) atoms. The summed E-state index contributed by atoms with van der Waals surface area (Å²) in [5.74, 6) is 0.246. The Hall–Kier alpha value is -2.60. The van der Waals surface area contributed by atoms with Gasteiger partial charge in [-0.1, -0.05) is 48.5 Å². The van der Waals surface area contributed by atoms with Gasteiger partial charge in [-0.3, -0.25) is 4.79 Å². The lowest BCUT2D eigenvalue weighted by atomic mass is 9.80. The van der Waals surface area contributed by atoms with Crippen LogP contribution in [0.2, 0.25) is 0 Å². The summed E-state index contributed by atoms with van der Waals surface area (Å²) in [4.78, 5) is 13.0. The summed E-state index contributed by atoms with van der Waals surface area (Å²) in [5, 5.41) is 9.89. The molecule has 1 fully saturated rings. The lowest BCUT2D eigenvalue weighted by molar-refractivity contribution is -0.138. The molecule has 0 saturated carbocycles. The fraction of sp³-hybridized carbons (Fsp3) is 0.263. The van der Waals surface area contributed by atoms with Crippen molar-refractivity contribution in [1.82, 2.24) is 16.0 Å². The summed E-state index contributed by atoms with van der Waals surface area (Å²) in [5.41, 5.74) is 1.12. The third kappa shape index (κ3) is 2.82. The number of rotatable bonds is 3. The number of carbonyl (C=O) groups is 1. The highest BCUT2D eigenvalue weighted by Gasteiger charge is 2.54. The second-order valence-corrected chi connectivity index (χ2v) is 6.91. The largest absolute Gasteiger partial charge is 0.467 e. The Labute approximate surface area is 151 Å². The van der Waals surface area contributed by atoms with Gasteiger partial charge in [-0.25, -0.2) is 0 Å². The quantitative estimate of drug-likeness (QED) is 0.739. The molecule has 128 valence electrons. The number of fused-ring (bicyclic) bond motifs is 4. The van der Waals surface area contributed by atoms with Gasteiger partial charge in [0.2, 0.25) is 5.91 Å². The molecule has 4 rings (SSSR count). The van der Waals surface area contributed by atoms with Crippen molar-refractivity contribution in [2.75, 3.05) is 0 Å². The molecule has 2 heterocycles. The molecule has 2 aliphatic heterocycles. The third-order valence-electron chi connectivity index (χ3n) is 4.74. The van der Waals surface area contributed by atoms with Crippen molar-refractivity contribution in [3.63, 3.8) is 0 Å². The molecule has 2 aromatic carbocycles. The summed E-state index contributed by atoms with van der Waals surface area (Å²) in [6, 6.07) is 17.4. The van der Waals surface area contributed by atoms with Crippen LogP contribution in [0.3, 0.4) is 0 Å². The van der Waals surface area contributed by atoms with Crippen LogP contribution in [-0.4, -0.2) is 16.7 Å². The lowest BCUT2D eigenvalue weighted by Crippen LogP contribution is -2.70. The zero-order chi connectivity index (χ0) is 17.4. The van der Waals surface area contributed by atoms with Gasteiger partial charge in [0.1, 0.15) is 11.7 Å². The average molecular weight is 353 g/mol. The zero-order valence-corrected chi connectivity index (χ0v) is 14.6. The second kappa shape index (κ2) is 6.04. The van der Waals surface area contributed by atoms with Gasteiger partial charge in [0.25, 0.3) is 0 Å². The maximum Gasteiger partial charge on any atom is 0.231 e. The summed E-state index contributed by atoms with van der Waals surface area (Å²) < 4.78 is 6.15. The summed E-state index contributed by atoms with van der Waals surface area (Å²) in [6.45, 7) is 2.35. The molecule has 2 aliphatic rings. The SMILES string of the molecule is C[C@@]12NC(=S)N[C@H](c3ccccc3O1)[C@@H]2C(=O)NCc1ccccc1. The molecule has 1 saturated heterocycles. The number of carbonyl (C=O) groups excluding carboxylic acids is 1. The van der Waals surface area contributed by atoms with Crippen LogP contribution in [0, 0.1) is 5.92 Å². The first kappa shape index (κ1) is 15.9. The van der Waals surface area contributed by atoms with Crippen LogP contribution in [0.4, 0.5) is 0 Å². The van der Waals surface area contributed by atoms with Crippen molar-refractivity contribution >= 4 is 23.2 Å². The van der Waals surface area contributed by atoms with Gasteiger partial charge in [-0.05, 0) is 30.8 Å². The van der Waals surface area contributed by atoms with Gasteiger partial charge in [-0.15, -0.1) is 0 Å². The summed E-state index contributed by atoms with van der Waals surface area (Å²) in [6.07, 6.45) is 0. The Morgan fingerprint density at radius 3 is 2.72 bits per heavy atom. The number of hydrogen-bond donors (Lipinski definition) is 3. The van der Waals surface area contributed by atoms with E-state index in [-0.39, 0.29) is 11.9 Å². The van der Waals surface area contributed by atoms with Crippen LogP contribution in [0.1, 0.15) is 24.1 Å². The number of thiocarbonyl (C=S) groups is 1. The van der Waals surface area contributed by atoms with E-state index in [0.717, 1.165) is 16.9 Å². The summed E-state index contributed by atoms with van der Waals surface area (Å²) >= 11 is 5.31. The van der Waals surface area contributed by atoms with Gasteiger partial charge in [-0.2, -0.15) is 0 Å². The zero-order valence-electron chi connectivity index (χ0n) is 13.8. The highest BCUT2D eigenvalue weighted by molar-refractivity contribution is 7.80. The minimum atomic E-state index is -0.887. The molecule has 2 bridgehead atoms. The van der Waals surface area contributed by atoms with Crippen LogP contribution in [0.5, 0.6) is 5.75 Å². The summed E-state index contributed by atoms with van der Waals surface area (Å²) in [7, 11) is 0. The normalized spacial score (nSPS) is 26.5. The highest BCUT2D eigenvalue weighted by atomic mass is 32.1. The van der Waals surface area contributed by atoms with Crippen molar-refractivity contribution in [1.29, 1.82) is 0 Å². The van der Waals surface area contributed by atoms with Crippen LogP contribution in [0.15, 0.2) is 54.6 Å². The molecule has 0 spiro atoms. The maximum atomic E-state index is 13.0. The number of benzene rings is 2. The van der Waals surface area contributed by atoms with E-state index in [9.17, 15) is 4.79 Å². The lowest BCUT2D eigenvalue weighted by Gasteiger charge is -2.50. The molecule has 0 radical (unpaired) electrons. The number of hydrogen-bond acceptors (Lipinski definition) is 3. The van der Waals surface area contributed by atoms with Crippen molar-refractivity contribution in [2.45, 2.75) is 25.2 Å². The number of para-hydroxylation sites is 1.